The molecule has 1 rings (SSSR count). The number of nitrogens with zero attached hydrogens (tertiary/aromatic N) is 2. The van der Waals surface area contributed by atoms with E-state index in [1.165, 1.54) is 7.05 Å². The molecule has 0 aromatic carbocycles. The number of carbonyl (C=O) groups excluding carboxylic acids is 1. The van der Waals surface area contributed by atoms with Crippen molar-refractivity contribution in [2.24, 2.45) is 7.05 Å². The highest BCUT2D eigenvalue weighted by atomic mass is 19.4. The van der Waals surface area contributed by atoms with Crippen LogP contribution in [0.5, 0.6) is 0 Å². The zero-order chi connectivity index (χ0) is 13.1. The van der Waals surface area contributed by atoms with Crippen molar-refractivity contribution in [3.05, 3.63) is 11.8 Å². The van der Waals surface area contributed by atoms with E-state index in [1.807, 2.05) is 0 Å². The number of alkyl halides is 3. The summed E-state index contributed by atoms with van der Waals surface area (Å²) in [6, 6.07) is 0.833. The Bertz CT molecular complexity index is 401. The van der Waals surface area contributed by atoms with E-state index in [1.54, 1.807) is 6.92 Å². The third-order valence-electron chi connectivity index (χ3n) is 1.89. The summed E-state index contributed by atoms with van der Waals surface area (Å²) < 4.78 is 42.5. The Balaban J connectivity index is 2.65. The number of aryl methyl sites for hydroxylation is 1. The van der Waals surface area contributed by atoms with Crippen LogP contribution < -0.4 is 5.32 Å². The molecule has 0 radical (unpaired) electrons. The Morgan fingerprint density at radius 1 is 1.59 bits per heavy atom. The van der Waals surface area contributed by atoms with Gasteiger partial charge in [-0.1, -0.05) is 0 Å². The van der Waals surface area contributed by atoms with E-state index >= 15 is 0 Å². The van der Waals surface area contributed by atoms with Crippen LogP contribution in [-0.4, -0.2) is 28.9 Å². The summed E-state index contributed by atoms with van der Waals surface area (Å²) in [6.07, 6.45) is -4.47. The monoisotopic (exact) mass is 251 g/mol. The van der Waals surface area contributed by atoms with Crippen LogP contribution >= 0.6 is 0 Å². The van der Waals surface area contributed by atoms with Gasteiger partial charge in [-0.3, -0.25) is 9.48 Å². The molecule has 1 aromatic rings. The number of anilines is 1. The fourth-order valence-corrected chi connectivity index (χ4v) is 1.19. The molecule has 1 N–H and O–H groups in total. The van der Waals surface area contributed by atoms with Crippen molar-refractivity contribution in [2.75, 3.05) is 18.5 Å². The maximum absolute atomic E-state index is 12.4. The molecule has 0 unspecified atom stereocenters. The van der Waals surface area contributed by atoms with E-state index in [2.05, 4.69) is 15.2 Å². The number of hydrogen-bond acceptors (Lipinski definition) is 4. The van der Waals surface area contributed by atoms with Crippen LogP contribution in [0.3, 0.4) is 0 Å². The second-order valence-corrected chi connectivity index (χ2v) is 3.19. The number of hydrogen-bond donors (Lipinski definition) is 1. The fourth-order valence-electron chi connectivity index (χ4n) is 1.19. The Labute approximate surface area is 95.5 Å². The molecule has 0 saturated heterocycles. The predicted molar refractivity (Wildman–Crippen MR) is 53.3 cm³/mol. The van der Waals surface area contributed by atoms with Gasteiger partial charge >= 0.3 is 12.1 Å². The summed E-state index contributed by atoms with van der Waals surface area (Å²) >= 11 is 0. The fraction of sp³-hybridized carbons (Fsp3) is 0.556. The minimum Gasteiger partial charge on any atom is -0.465 e. The number of nitrogens with one attached hydrogen (secondary N) is 1. The van der Waals surface area contributed by atoms with Gasteiger partial charge in [0, 0.05) is 13.1 Å². The van der Waals surface area contributed by atoms with Crippen molar-refractivity contribution in [1.29, 1.82) is 0 Å². The molecular formula is C9H12F3N3O2. The second-order valence-electron chi connectivity index (χ2n) is 3.19. The topological polar surface area (TPSA) is 56.1 Å². The van der Waals surface area contributed by atoms with Gasteiger partial charge in [-0.05, 0) is 6.92 Å². The molecule has 0 atom stereocenters. The highest BCUT2D eigenvalue weighted by Crippen LogP contribution is 2.30. The maximum Gasteiger partial charge on any atom is 0.433 e. The standard InChI is InChI=1S/C9H12F3N3O2/c1-3-17-8(16)5-13-7-4-6(9(10,11)12)15(2)14-7/h4H,3,5H2,1-2H3,(H,13,14). The summed E-state index contributed by atoms with van der Waals surface area (Å²) in [6.45, 7) is 1.64. The van der Waals surface area contributed by atoms with Crippen molar-refractivity contribution in [1.82, 2.24) is 9.78 Å². The minimum atomic E-state index is -4.47. The summed E-state index contributed by atoms with van der Waals surface area (Å²) in [5.74, 6) is -0.570. The van der Waals surface area contributed by atoms with Crippen LogP contribution in [0.25, 0.3) is 0 Å². The van der Waals surface area contributed by atoms with E-state index in [9.17, 15) is 18.0 Å². The normalized spacial score (nSPS) is 11.4. The molecule has 0 saturated carbocycles. The molecular weight excluding hydrogens is 239 g/mol. The Hall–Kier alpha value is -1.73. The molecule has 0 fully saturated rings. The zero-order valence-corrected chi connectivity index (χ0v) is 9.34. The highest BCUT2D eigenvalue weighted by molar-refractivity contribution is 5.74. The van der Waals surface area contributed by atoms with Gasteiger partial charge in [0.2, 0.25) is 0 Å². The first-order valence-corrected chi connectivity index (χ1v) is 4.85. The van der Waals surface area contributed by atoms with Crippen molar-refractivity contribution in [3.63, 3.8) is 0 Å². The number of carbonyl (C=O) groups is 1. The molecule has 0 aliphatic carbocycles. The lowest BCUT2D eigenvalue weighted by Gasteiger charge is -2.04. The molecule has 96 valence electrons. The van der Waals surface area contributed by atoms with Crippen LogP contribution in [0.1, 0.15) is 12.6 Å². The molecule has 5 nitrogen and oxygen atoms in total. The summed E-state index contributed by atoms with van der Waals surface area (Å²) in [5, 5.41) is 6.04. The number of halogens is 3. The predicted octanol–water partition coefficient (Wildman–Crippen LogP) is 1.41. The zero-order valence-electron chi connectivity index (χ0n) is 9.34. The first-order chi connectivity index (χ1) is 7.84. The largest absolute Gasteiger partial charge is 0.465 e. The van der Waals surface area contributed by atoms with E-state index in [-0.39, 0.29) is 19.0 Å². The van der Waals surface area contributed by atoms with Crippen molar-refractivity contribution in [2.45, 2.75) is 13.1 Å². The Morgan fingerprint density at radius 3 is 2.71 bits per heavy atom. The SMILES string of the molecule is CCOC(=O)CNc1cc(C(F)(F)F)n(C)n1. The van der Waals surface area contributed by atoms with Crippen LogP contribution in [0.15, 0.2) is 6.07 Å². The molecule has 0 spiro atoms. The van der Waals surface area contributed by atoms with Gasteiger partial charge in [-0.15, -0.1) is 0 Å². The second kappa shape index (κ2) is 5.07. The van der Waals surface area contributed by atoms with Gasteiger partial charge in [-0.25, -0.2) is 0 Å². The van der Waals surface area contributed by atoms with Crippen LogP contribution in [0.4, 0.5) is 19.0 Å². The Kier molecular flexibility index (Phi) is 3.97. The van der Waals surface area contributed by atoms with Crippen molar-refractivity contribution < 1.29 is 22.7 Å². The van der Waals surface area contributed by atoms with E-state index < -0.39 is 17.8 Å². The summed E-state index contributed by atoms with van der Waals surface area (Å²) in [7, 11) is 1.18. The molecule has 0 bridgehead atoms. The van der Waals surface area contributed by atoms with Gasteiger partial charge in [0.25, 0.3) is 0 Å². The van der Waals surface area contributed by atoms with Gasteiger partial charge in [-0.2, -0.15) is 18.3 Å². The van der Waals surface area contributed by atoms with Crippen molar-refractivity contribution >= 4 is 11.8 Å². The van der Waals surface area contributed by atoms with E-state index in [0.717, 1.165) is 6.07 Å². The van der Waals surface area contributed by atoms with Gasteiger partial charge in [0.15, 0.2) is 0 Å². The van der Waals surface area contributed by atoms with Crippen LogP contribution in [0, 0.1) is 0 Å². The lowest BCUT2D eigenvalue weighted by atomic mass is 10.4. The number of esters is 1. The molecule has 0 amide bonds. The van der Waals surface area contributed by atoms with Crippen LogP contribution in [0.2, 0.25) is 0 Å². The summed E-state index contributed by atoms with van der Waals surface area (Å²) in [4.78, 5) is 11.0. The lowest BCUT2D eigenvalue weighted by molar-refractivity contribution is -0.143. The smallest absolute Gasteiger partial charge is 0.433 e. The van der Waals surface area contributed by atoms with Gasteiger partial charge < -0.3 is 10.1 Å². The first kappa shape index (κ1) is 13.3. The molecule has 1 aromatic heterocycles. The third kappa shape index (κ3) is 3.65. The Morgan fingerprint density at radius 2 is 2.24 bits per heavy atom. The third-order valence-corrected chi connectivity index (χ3v) is 1.89. The molecule has 1 heterocycles. The van der Waals surface area contributed by atoms with Gasteiger partial charge in [0.05, 0.1) is 6.61 Å². The number of ether oxygens (including phenoxy) is 1. The average molecular weight is 251 g/mol. The first-order valence-electron chi connectivity index (χ1n) is 4.85. The van der Waals surface area contributed by atoms with E-state index in [0.29, 0.717) is 4.68 Å². The van der Waals surface area contributed by atoms with Crippen LogP contribution in [-0.2, 0) is 22.8 Å². The number of rotatable bonds is 4. The quantitative estimate of drug-likeness (QED) is 0.822. The average Bonchev–Trinajstić information content (AvgIpc) is 2.57. The van der Waals surface area contributed by atoms with Crippen molar-refractivity contribution in [3.8, 4) is 0 Å². The number of aromatic nitrogens is 2. The highest BCUT2D eigenvalue weighted by Gasteiger charge is 2.34. The molecule has 8 heteroatoms. The maximum atomic E-state index is 12.4. The molecule has 0 aliphatic rings. The lowest BCUT2D eigenvalue weighted by Crippen LogP contribution is -2.16. The minimum absolute atomic E-state index is 0.0205. The molecule has 0 aliphatic heterocycles. The molecule has 17 heavy (non-hydrogen) atoms. The summed E-state index contributed by atoms with van der Waals surface area (Å²) in [5.41, 5.74) is -0.885. The van der Waals surface area contributed by atoms with E-state index in [4.69, 9.17) is 0 Å². The van der Waals surface area contributed by atoms with Gasteiger partial charge in [0.1, 0.15) is 18.1 Å².